The first-order valence-electron chi connectivity index (χ1n) is 3.27. The third kappa shape index (κ3) is 2.48. The van der Waals surface area contributed by atoms with Crippen molar-refractivity contribution in [2.24, 2.45) is 5.73 Å². The van der Waals surface area contributed by atoms with Crippen LogP contribution in [-0.2, 0) is 10.1 Å². The van der Waals surface area contributed by atoms with Crippen LogP contribution in [0.4, 0.5) is 0 Å². The molecule has 0 aliphatic carbocycles. The first kappa shape index (κ1) is 9.59. The van der Waals surface area contributed by atoms with Gasteiger partial charge < -0.3 is 5.73 Å². The lowest BCUT2D eigenvalue weighted by molar-refractivity contribution is 0.0976. The van der Waals surface area contributed by atoms with Crippen LogP contribution in [0.15, 0.2) is 18.3 Å². The Bertz CT molecular complexity index is 420. The number of rotatable bonds is 3. The minimum atomic E-state index is -3.65. The number of nitrogens with zero attached hydrogens (tertiary/aromatic N) is 1. The molecule has 1 aromatic heterocycles. The third-order valence-corrected chi connectivity index (χ3v) is 1.61. The molecule has 0 fully saturated rings. The van der Waals surface area contributed by atoms with Crippen molar-refractivity contribution in [3.8, 4) is 0 Å². The van der Waals surface area contributed by atoms with E-state index >= 15 is 0 Å². The molecule has 7 heteroatoms. The number of aromatic nitrogens is 1. The van der Waals surface area contributed by atoms with Crippen molar-refractivity contribution < 1.29 is 17.5 Å². The van der Waals surface area contributed by atoms with E-state index < -0.39 is 16.0 Å². The van der Waals surface area contributed by atoms with Gasteiger partial charge in [0.15, 0.2) is 0 Å². The van der Waals surface area contributed by atoms with Crippen LogP contribution < -0.4 is 10.0 Å². The molecule has 1 heterocycles. The Hall–Kier alpha value is -1.50. The van der Waals surface area contributed by atoms with Crippen molar-refractivity contribution in [1.82, 2.24) is 4.73 Å². The summed E-state index contributed by atoms with van der Waals surface area (Å²) in [5.41, 5.74) is 4.92. The van der Waals surface area contributed by atoms with Gasteiger partial charge >= 0.3 is 10.1 Å². The zero-order valence-electron chi connectivity index (χ0n) is 6.80. The Morgan fingerprint density at radius 2 is 2.23 bits per heavy atom. The summed E-state index contributed by atoms with van der Waals surface area (Å²) in [5.74, 6) is -0.756. The topological polar surface area (TPSA) is 91.4 Å². The highest BCUT2D eigenvalue weighted by Gasteiger charge is 2.11. The van der Waals surface area contributed by atoms with Crippen LogP contribution in [0.25, 0.3) is 0 Å². The van der Waals surface area contributed by atoms with Crippen LogP contribution >= 0.6 is 0 Å². The number of carbonyl (C=O) groups excluding carboxylic acids is 1. The quantitative estimate of drug-likeness (QED) is 0.681. The molecule has 1 rings (SSSR count). The smallest absolute Gasteiger partial charge is 0.324 e. The largest absolute Gasteiger partial charge is 0.364 e. The summed E-state index contributed by atoms with van der Waals surface area (Å²) in [6.07, 6.45) is 2.15. The molecule has 0 bridgehead atoms. The molecule has 13 heavy (non-hydrogen) atoms. The van der Waals surface area contributed by atoms with Gasteiger partial charge in [-0.05, 0) is 12.1 Å². The second-order valence-corrected chi connectivity index (χ2v) is 3.92. The molecule has 2 N–H and O–H groups in total. The summed E-state index contributed by atoms with van der Waals surface area (Å²) in [4.78, 5) is 10.7. The predicted octanol–water partition coefficient (Wildman–Crippen LogP) is -1.02. The van der Waals surface area contributed by atoms with Gasteiger partial charge in [0.2, 0.25) is 0 Å². The van der Waals surface area contributed by atoms with Crippen molar-refractivity contribution in [1.29, 1.82) is 0 Å². The van der Waals surface area contributed by atoms with Crippen molar-refractivity contribution in [2.75, 3.05) is 6.26 Å². The van der Waals surface area contributed by atoms with E-state index in [1.807, 2.05) is 0 Å². The normalized spacial score (nSPS) is 11.2. The van der Waals surface area contributed by atoms with Gasteiger partial charge in [-0.25, -0.2) is 0 Å². The van der Waals surface area contributed by atoms with Crippen LogP contribution in [-0.4, -0.2) is 25.3 Å². The molecule has 72 valence electrons. The molecule has 0 saturated heterocycles. The lowest BCUT2D eigenvalue weighted by atomic mass is 10.4. The lowest BCUT2D eigenvalue weighted by Crippen LogP contribution is -2.24. The maximum absolute atomic E-state index is 10.7. The summed E-state index contributed by atoms with van der Waals surface area (Å²) in [7, 11) is -3.65. The highest BCUT2D eigenvalue weighted by molar-refractivity contribution is 7.86. The Kier molecular flexibility index (Phi) is 2.28. The lowest BCUT2D eigenvalue weighted by Gasteiger charge is -2.04. The number of nitrogens with two attached hydrogens (primary N) is 1. The third-order valence-electron chi connectivity index (χ3n) is 1.18. The second kappa shape index (κ2) is 3.09. The molecule has 0 atom stereocenters. The fourth-order valence-corrected chi connectivity index (χ4v) is 1.19. The van der Waals surface area contributed by atoms with Gasteiger partial charge in [0.25, 0.3) is 5.91 Å². The van der Waals surface area contributed by atoms with Crippen molar-refractivity contribution in [3.63, 3.8) is 0 Å². The predicted molar refractivity (Wildman–Crippen MR) is 44.4 cm³/mol. The number of hydrogen-bond acceptors (Lipinski definition) is 4. The molecular formula is C6H8N2O4S. The Balaban J connectivity index is 3.02. The molecule has 6 nitrogen and oxygen atoms in total. The van der Waals surface area contributed by atoms with E-state index in [1.54, 1.807) is 0 Å². The summed E-state index contributed by atoms with van der Waals surface area (Å²) in [5, 5.41) is 0. The maximum atomic E-state index is 10.7. The van der Waals surface area contributed by atoms with Gasteiger partial charge in [-0.3, -0.25) is 9.08 Å². The average Bonchev–Trinajstić information content (AvgIpc) is 2.31. The van der Waals surface area contributed by atoms with E-state index in [1.165, 1.54) is 18.3 Å². The average molecular weight is 204 g/mol. The van der Waals surface area contributed by atoms with E-state index in [0.717, 1.165) is 11.0 Å². The number of carbonyl (C=O) groups is 1. The summed E-state index contributed by atoms with van der Waals surface area (Å²) >= 11 is 0. The molecular weight excluding hydrogens is 196 g/mol. The molecule has 0 saturated carbocycles. The van der Waals surface area contributed by atoms with Crippen molar-refractivity contribution in [2.45, 2.75) is 0 Å². The number of hydrogen-bond donors (Lipinski definition) is 1. The van der Waals surface area contributed by atoms with Crippen LogP contribution in [0.3, 0.4) is 0 Å². The van der Waals surface area contributed by atoms with Crippen LogP contribution in [0.5, 0.6) is 0 Å². The van der Waals surface area contributed by atoms with E-state index in [-0.39, 0.29) is 5.69 Å². The number of amides is 1. The Labute approximate surface area is 75.0 Å². The maximum Gasteiger partial charge on any atom is 0.324 e. The van der Waals surface area contributed by atoms with E-state index in [4.69, 9.17) is 5.73 Å². The molecule has 0 unspecified atom stereocenters. The van der Waals surface area contributed by atoms with Gasteiger partial charge in [0, 0.05) is 6.20 Å². The summed E-state index contributed by atoms with van der Waals surface area (Å²) in [6.45, 7) is 0. The van der Waals surface area contributed by atoms with Gasteiger partial charge in [0.1, 0.15) is 5.69 Å². The van der Waals surface area contributed by atoms with Crippen LogP contribution in [0.1, 0.15) is 10.5 Å². The minimum absolute atomic E-state index is 0.0228. The zero-order valence-corrected chi connectivity index (χ0v) is 7.61. The van der Waals surface area contributed by atoms with Crippen LogP contribution in [0.2, 0.25) is 0 Å². The molecule has 1 amide bonds. The van der Waals surface area contributed by atoms with E-state index in [2.05, 4.69) is 4.28 Å². The molecule has 0 radical (unpaired) electrons. The van der Waals surface area contributed by atoms with Gasteiger partial charge in [-0.2, -0.15) is 13.1 Å². The SMILES string of the molecule is CS(=O)(=O)On1cccc1C(N)=O. The highest BCUT2D eigenvalue weighted by atomic mass is 32.2. The van der Waals surface area contributed by atoms with Gasteiger partial charge in [0.05, 0.1) is 6.26 Å². The van der Waals surface area contributed by atoms with E-state index in [0.29, 0.717) is 0 Å². The highest BCUT2D eigenvalue weighted by Crippen LogP contribution is 1.99. The molecule has 0 spiro atoms. The standard InChI is InChI=1S/C6H8N2O4S/c1-13(10,11)12-8-4-2-3-5(8)6(7)9/h2-4H,1H3,(H2,7,9). The fourth-order valence-electron chi connectivity index (χ4n) is 0.768. The Morgan fingerprint density at radius 3 is 2.69 bits per heavy atom. The summed E-state index contributed by atoms with van der Waals surface area (Å²) in [6, 6.07) is 2.80. The monoisotopic (exact) mass is 204 g/mol. The first-order chi connectivity index (χ1) is 5.90. The van der Waals surface area contributed by atoms with Gasteiger partial charge in [-0.15, -0.1) is 0 Å². The van der Waals surface area contributed by atoms with E-state index in [9.17, 15) is 13.2 Å². The van der Waals surface area contributed by atoms with Gasteiger partial charge in [-0.1, -0.05) is 0 Å². The Morgan fingerprint density at radius 1 is 1.62 bits per heavy atom. The van der Waals surface area contributed by atoms with Crippen molar-refractivity contribution in [3.05, 3.63) is 24.0 Å². The molecule has 1 aromatic rings. The van der Waals surface area contributed by atoms with Crippen molar-refractivity contribution >= 4 is 16.0 Å². The molecule has 0 aliphatic rings. The first-order valence-corrected chi connectivity index (χ1v) is 5.09. The minimum Gasteiger partial charge on any atom is -0.364 e. The zero-order chi connectivity index (χ0) is 10.1. The van der Waals surface area contributed by atoms with Crippen LogP contribution in [0, 0.1) is 0 Å². The fraction of sp³-hybridized carbons (Fsp3) is 0.167. The second-order valence-electron chi connectivity index (χ2n) is 2.36. The molecule has 0 aliphatic heterocycles. The summed E-state index contributed by atoms with van der Waals surface area (Å²) < 4.78 is 26.6. The molecule has 0 aromatic carbocycles. The number of primary amides is 1.